The monoisotopic (exact) mass is 289 g/mol. The summed E-state index contributed by atoms with van der Waals surface area (Å²) in [4.78, 5) is 6.57. The fraction of sp³-hybridized carbons (Fsp3) is 0.588. The fourth-order valence-electron chi connectivity index (χ4n) is 2.75. The second kappa shape index (κ2) is 7.91. The average Bonchev–Trinajstić information content (AvgIpc) is 3.00. The van der Waals surface area contributed by atoms with Crippen LogP contribution in [0.1, 0.15) is 45.1 Å². The summed E-state index contributed by atoms with van der Waals surface area (Å²) in [5.74, 6) is 1.57. The van der Waals surface area contributed by atoms with Crippen molar-refractivity contribution in [1.82, 2.24) is 4.90 Å². The number of aliphatic imine (C=N–C) groups is 1. The van der Waals surface area contributed by atoms with Gasteiger partial charge in [-0.15, -0.1) is 0 Å². The van der Waals surface area contributed by atoms with E-state index in [9.17, 15) is 0 Å². The quantitative estimate of drug-likeness (QED) is 0.646. The Kier molecular flexibility index (Phi) is 5.90. The van der Waals surface area contributed by atoms with E-state index in [2.05, 4.69) is 29.8 Å². The molecule has 1 aliphatic rings. The van der Waals surface area contributed by atoms with E-state index in [1.165, 1.54) is 25.7 Å². The Bertz CT molecular complexity index is 463. The van der Waals surface area contributed by atoms with Crippen LogP contribution in [0.15, 0.2) is 29.3 Å². The van der Waals surface area contributed by atoms with Gasteiger partial charge in [0.1, 0.15) is 5.75 Å². The van der Waals surface area contributed by atoms with Crippen LogP contribution in [-0.4, -0.2) is 30.1 Å². The molecular formula is C17H27N3O. The molecule has 4 nitrogen and oxygen atoms in total. The molecule has 0 aromatic heterocycles. The second-order valence-electron chi connectivity index (χ2n) is 5.48. The van der Waals surface area contributed by atoms with Crippen LogP contribution in [0, 0.1) is 0 Å². The van der Waals surface area contributed by atoms with Crippen molar-refractivity contribution in [2.24, 2.45) is 10.7 Å². The SMILES string of the molecule is CCN(CC)C(N)=NCc1ccccc1OC1CCCC1. The van der Waals surface area contributed by atoms with E-state index in [-0.39, 0.29) is 0 Å². The number of hydrogen-bond acceptors (Lipinski definition) is 2. The second-order valence-corrected chi connectivity index (χ2v) is 5.48. The van der Waals surface area contributed by atoms with Gasteiger partial charge in [0.25, 0.3) is 0 Å². The van der Waals surface area contributed by atoms with Crippen molar-refractivity contribution < 1.29 is 4.74 Å². The molecule has 2 N–H and O–H groups in total. The molecule has 1 saturated carbocycles. The largest absolute Gasteiger partial charge is 0.490 e. The number of para-hydroxylation sites is 1. The molecule has 0 unspecified atom stereocenters. The third-order valence-electron chi connectivity index (χ3n) is 4.07. The average molecular weight is 289 g/mol. The van der Waals surface area contributed by atoms with Crippen LogP contribution in [0.3, 0.4) is 0 Å². The zero-order valence-corrected chi connectivity index (χ0v) is 13.2. The molecule has 0 aliphatic heterocycles. The van der Waals surface area contributed by atoms with E-state index in [0.717, 1.165) is 24.4 Å². The fourth-order valence-corrected chi connectivity index (χ4v) is 2.75. The molecule has 1 fully saturated rings. The van der Waals surface area contributed by atoms with E-state index >= 15 is 0 Å². The summed E-state index contributed by atoms with van der Waals surface area (Å²) in [6, 6.07) is 8.16. The number of ether oxygens (including phenoxy) is 1. The molecule has 0 heterocycles. The van der Waals surface area contributed by atoms with Crippen molar-refractivity contribution in [2.75, 3.05) is 13.1 Å². The van der Waals surface area contributed by atoms with Gasteiger partial charge in [-0.25, -0.2) is 4.99 Å². The first-order chi connectivity index (χ1) is 10.2. The van der Waals surface area contributed by atoms with E-state index in [1.54, 1.807) is 0 Å². The van der Waals surface area contributed by atoms with Crippen molar-refractivity contribution in [2.45, 2.75) is 52.2 Å². The van der Waals surface area contributed by atoms with Crippen LogP contribution < -0.4 is 10.5 Å². The molecule has 1 aliphatic carbocycles. The first-order valence-corrected chi connectivity index (χ1v) is 8.04. The minimum absolute atomic E-state index is 0.371. The van der Waals surface area contributed by atoms with Crippen molar-refractivity contribution in [3.63, 3.8) is 0 Å². The zero-order chi connectivity index (χ0) is 15.1. The Morgan fingerprint density at radius 3 is 2.57 bits per heavy atom. The number of nitrogens with zero attached hydrogens (tertiary/aromatic N) is 2. The highest BCUT2D eigenvalue weighted by atomic mass is 16.5. The molecule has 1 aromatic carbocycles. The Morgan fingerprint density at radius 2 is 1.90 bits per heavy atom. The maximum Gasteiger partial charge on any atom is 0.191 e. The molecule has 0 spiro atoms. The number of guanidine groups is 1. The van der Waals surface area contributed by atoms with Gasteiger partial charge >= 0.3 is 0 Å². The third-order valence-corrected chi connectivity index (χ3v) is 4.07. The van der Waals surface area contributed by atoms with Gasteiger partial charge in [0, 0.05) is 18.7 Å². The topological polar surface area (TPSA) is 50.8 Å². The molecular weight excluding hydrogens is 262 g/mol. The molecule has 116 valence electrons. The minimum Gasteiger partial charge on any atom is -0.490 e. The lowest BCUT2D eigenvalue weighted by molar-refractivity contribution is 0.208. The van der Waals surface area contributed by atoms with Gasteiger partial charge in [-0.3, -0.25) is 0 Å². The van der Waals surface area contributed by atoms with Gasteiger partial charge in [-0.1, -0.05) is 18.2 Å². The first kappa shape index (κ1) is 15.7. The third kappa shape index (κ3) is 4.38. The van der Waals surface area contributed by atoms with E-state index < -0.39 is 0 Å². The molecule has 0 bridgehead atoms. The molecule has 0 amide bonds. The normalized spacial score (nSPS) is 16.2. The van der Waals surface area contributed by atoms with Gasteiger partial charge in [0.15, 0.2) is 5.96 Å². The van der Waals surface area contributed by atoms with Crippen molar-refractivity contribution in [1.29, 1.82) is 0 Å². The molecule has 1 aromatic rings. The van der Waals surface area contributed by atoms with E-state index in [1.807, 2.05) is 18.2 Å². The minimum atomic E-state index is 0.371. The lowest BCUT2D eigenvalue weighted by atomic mass is 10.2. The van der Waals surface area contributed by atoms with Crippen LogP contribution in [0.4, 0.5) is 0 Å². The Balaban J connectivity index is 2.03. The van der Waals surface area contributed by atoms with Crippen molar-refractivity contribution in [3.05, 3.63) is 29.8 Å². The Labute approximate surface area is 128 Å². The van der Waals surface area contributed by atoms with Crippen LogP contribution in [0.5, 0.6) is 5.75 Å². The van der Waals surface area contributed by atoms with Gasteiger partial charge in [-0.05, 0) is 45.6 Å². The van der Waals surface area contributed by atoms with Crippen LogP contribution in [-0.2, 0) is 6.54 Å². The molecule has 2 rings (SSSR count). The molecule has 0 saturated heterocycles. The van der Waals surface area contributed by atoms with Crippen LogP contribution in [0.2, 0.25) is 0 Å². The van der Waals surface area contributed by atoms with Gasteiger partial charge < -0.3 is 15.4 Å². The van der Waals surface area contributed by atoms with E-state index in [4.69, 9.17) is 10.5 Å². The summed E-state index contributed by atoms with van der Waals surface area (Å²) in [5.41, 5.74) is 7.15. The summed E-state index contributed by atoms with van der Waals surface area (Å²) in [5, 5.41) is 0. The highest BCUT2D eigenvalue weighted by molar-refractivity contribution is 5.78. The number of benzene rings is 1. The number of rotatable bonds is 6. The number of nitrogens with two attached hydrogens (primary N) is 1. The lowest BCUT2D eigenvalue weighted by Gasteiger charge is -2.20. The lowest BCUT2D eigenvalue weighted by Crippen LogP contribution is -2.37. The highest BCUT2D eigenvalue weighted by Gasteiger charge is 2.17. The predicted octanol–water partition coefficient (Wildman–Crippen LogP) is 3.16. The summed E-state index contributed by atoms with van der Waals surface area (Å²) in [7, 11) is 0. The molecule has 4 heteroatoms. The smallest absolute Gasteiger partial charge is 0.191 e. The first-order valence-electron chi connectivity index (χ1n) is 8.04. The van der Waals surface area contributed by atoms with Crippen molar-refractivity contribution >= 4 is 5.96 Å². The summed E-state index contributed by atoms with van der Waals surface area (Å²) in [6.45, 7) is 6.51. The maximum atomic E-state index is 6.13. The Hall–Kier alpha value is -1.71. The van der Waals surface area contributed by atoms with Crippen LogP contribution >= 0.6 is 0 Å². The molecule has 0 radical (unpaired) electrons. The van der Waals surface area contributed by atoms with Gasteiger partial charge in [-0.2, -0.15) is 0 Å². The van der Waals surface area contributed by atoms with Crippen LogP contribution in [0.25, 0.3) is 0 Å². The summed E-state index contributed by atoms with van der Waals surface area (Å²) in [6.07, 6.45) is 5.26. The molecule has 0 atom stereocenters. The van der Waals surface area contributed by atoms with Gasteiger partial charge in [0.05, 0.1) is 12.6 Å². The zero-order valence-electron chi connectivity index (χ0n) is 13.2. The van der Waals surface area contributed by atoms with Crippen molar-refractivity contribution in [3.8, 4) is 5.75 Å². The summed E-state index contributed by atoms with van der Waals surface area (Å²) >= 11 is 0. The molecule has 21 heavy (non-hydrogen) atoms. The standard InChI is InChI=1S/C17H27N3O/c1-3-20(4-2)17(18)19-13-14-9-5-8-12-16(14)21-15-10-6-7-11-15/h5,8-9,12,15H,3-4,6-7,10-11,13H2,1-2H3,(H2,18,19). The summed E-state index contributed by atoms with van der Waals surface area (Å²) < 4.78 is 6.13. The maximum absolute atomic E-state index is 6.13. The number of hydrogen-bond donors (Lipinski definition) is 1. The predicted molar refractivity (Wildman–Crippen MR) is 87.6 cm³/mol. The highest BCUT2D eigenvalue weighted by Crippen LogP contribution is 2.27. The Morgan fingerprint density at radius 1 is 1.24 bits per heavy atom. The van der Waals surface area contributed by atoms with E-state index in [0.29, 0.717) is 18.6 Å². The van der Waals surface area contributed by atoms with Gasteiger partial charge in [0.2, 0.25) is 0 Å².